The van der Waals surface area contributed by atoms with Crippen molar-refractivity contribution in [3.8, 4) is 17.1 Å². The highest BCUT2D eigenvalue weighted by Crippen LogP contribution is 2.43. The minimum absolute atomic E-state index is 0.0281. The van der Waals surface area contributed by atoms with Crippen molar-refractivity contribution in [2.75, 3.05) is 41.4 Å². The van der Waals surface area contributed by atoms with E-state index in [1.807, 2.05) is 19.2 Å². The Hall–Kier alpha value is -3.41. The van der Waals surface area contributed by atoms with Crippen molar-refractivity contribution in [2.24, 2.45) is 0 Å². The van der Waals surface area contributed by atoms with Gasteiger partial charge in [-0.3, -0.25) is 9.58 Å². The third-order valence-corrected chi connectivity index (χ3v) is 6.39. The quantitative estimate of drug-likeness (QED) is 0.452. The van der Waals surface area contributed by atoms with Gasteiger partial charge in [-0.05, 0) is 25.5 Å². The number of anilines is 3. The van der Waals surface area contributed by atoms with Crippen LogP contribution in [0.15, 0.2) is 36.8 Å². The molecule has 0 unspecified atom stereocenters. The van der Waals surface area contributed by atoms with Crippen LogP contribution in [0.5, 0.6) is 5.88 Å². The molecule has 0 radical (unpaired) electrons. The zero-order valence-electron chi connectivity index (χ0n) is 19.1. The lowest BCUT2D eigenvalue weighted by Gasteiger charge is -2.36. The first-order valence-electron chi connectivity index (χ1n) is 11.4. The van der Waals surface area contributed by atoms with Crippen molar-refractivity contribution in [3.05, 3.63) is 41.8 Å². The Morgan fingerprint density at radius 2 is 2.26 bits per heavy atom. The lowest BCUT2D eigenvalue weighted by atomic mass is 10.1. The fraction of sp³-hybridized carbons (Fsp3) is 0.391. The summed E-state index contributed by atoms with van der Waals surface area (Å²) in [6.07, 6.45) is 4.91. The number of aliphatic hydroxyl groups excluding tert-OH is 2. The zero-order valence-corrected chi connectivity index (χ0v) is 19.9. The van der Waals surface area contributed by atoms with Crippen LogP contribution in [0.25, 0.3) is 11.3 Å². The van der Waals surface area contributed by atoms with E-state index in [0.29, 0.717) is 28.8 Å². The van der Waals surface area contributed by atoms with E-state index in [0.717, 1.165) is 30.8 Å². The molecule has 5 heterocycles. The fourth-order valence-electron chi connectivity index (χ4n) is 4.33. The molecular formula is C23H26ClN7O4. The summed E-state index contributed by atoms with van der Waals surface area (Å²) in [6.45, 7) is 3.72. The number of ether oxygens (including phenoxy) is 1. The van der Waals surface area contributed by atoms with Crippen LogP contribution in [-0.4, -0.2) is 74.4 Å². The summed E-state index contributed by atoms with van der Waals surface area (Å²) in [6, 6.07) is 4.73. The number of nitrogens with one attached hydrogen (secondary N) is 1. The first-order valence-corrected chi connectivity index (χ1v) is 11.8. The molecule has 3 N–H and O–H groups in total. The summed E-state index contributed by atoms with van der Waals surface area (Å²) in [5.41, 5.74) is 2.67. The molecule has 0 aromatic carbocycles. The van der Waals surface area contributed by atoms with Gasteiger partial charge in [-0.2, -0.15) is 5.10 Å². The second-order valence-electron chi connectivity index (χ2n) is 8.47. The molecule has 2 atom stereocenters. The number of rotatable bonds is 7. The Morgan fingerprint density at radius 3 is 3.03 bits per heavy atom. The van der Waals surface area contributed by atoms with Gasteiger partial charge in [0, 0.05) is 49.3 Å². The Morgan fingerprint density at radius 1 is 1.40 bits per heavy atom. The average molecular weight is 500 g/mol. The van der Waals surface area contributed by atoms with Gasteiger partial charge in [-0.25, -0.2) is 14.8 Å². The van der Waals surface area contributed by atoms with Crippen LogP contribution in [0, 0.1) is 0 Å². The van der Waals surface area contributed by atoms with Gasteiger partial charge in [0.25, 0.3) is 0 Å². The van der Waals surface area contributed by atoms with Crippen molar-refractivity contribution in [2.45, 2.75) is 32.0 Å². The summed E-state index contributed by atoms with van der Waals surface area (Å²) in [5.74, 6) is 0.776. The van der Waals surface area contributed by atoms with Crippen molar-refractivity contribution >= 4 is 34.8 Å². The second kappa shape index (κ2) is 9.68. The molecule has 3 aromatic rings. The maximum atomic E-state index is 13.5. The molecule has 0 aliphatic carbocycles. The Bertz CT molecular complexity index is 1240. The summed E-state index contributed by atoms with van der Waals surface area (Å²) in [5, 5.41) is 26.2. The monoisotopic (exact) mass is 499 g/mol. The highest BCUT2D eigenvalue weighted by molar-refractivity contribution is 6.33. The highest BCUT2D eigenvalue weighted by atomic mass is 35.5. The predicted molar refractivity (Wildman–Crippen MR) is 131 cm³/mol. The third-order valence-electron chi connectivity index (χ3n) is 6.10. The first kappa shape index (κ1) is 23.3. The number of pyridine rings is 2. The van der Waals surface area contributed by atoms with E-state index in [9.17, 15) is 9.90 Å². The van der Waals surface area contributed by atoms with Crippen LogP contribution in [0.3, 0.4) is 0 Å². The van der Waals surface area contributed by atoms with Crippen LogP contribution in [0.4, 0.5) is 22.0 Å². The van der Waals surface area contributed by atoms with E-state index in [1.165, 1.54) is 6.20 Å². The number of aliphatic hydroxyl groups is 2. The van der Waals surface area contributed by atoms with Crippen LogP contribution in [0.2, 0.25) is 5.02 Å². The molecular weight excluding hydrogens is 474 g/mol. The topological polar surface area (TPSA) is 129 Å². The van der Waals surface area contributed by atoms with Crippen LogP contribution >= 0.6 is 11.6 Å². The number of halogens is 1. The zero-order chi connectivity index (χ0) is 24.5. The average Bonchev–Trinajstić information content (AvgIpc) is 3.51. The molecule has 184 valence electrons. The molecule has 2 aliphatic rings. The Balaban J connectivity index is 1.43. The van der Waals surface area contributed by atoms with Gasteiger partial charge in [0.2, 0.25) is 5.88 Å². The molecule has 1 saturated heterocycles. The van der Waals surface area contributed by atoms with Crippen molar-refractivity contribution in [3.63, 3.8) is 0 Å². The van der Waals surface area contributed by atoms with E-state index >= 15 is 0 Å². The minimum atomic E-state index is -1.01. The molecule has 2 bridgehead atoms. The number of fused-ring (bicyclic) bond motifs is 4. The number of hydrogen-bond donors (Lipinski definition) is 3. The highest BCUT2D eigenvalue weighted by Gasteiger charge is 2.41. The van der Waals surface area contributed by atoms with Gasteiger partial charge >= 0.3 is 6.03 Å². The normalized spacial score (nSPS) is 17.3. The molecule has 5 rings (SSSR count). The number of hydrogen-bond acceptors (Lipinski definition) is 8. The van der Waals surface area contributed by atoms with E-state index in [2.05, 4.69) is 20.3 Å². The lowest BCUT2D eigenvalue weighted by molar-refractivity contribution is 0.0521. The van der Waals surface area contributed by atoms with Gasteiger partial charge in [-0.1, -0.05) is 11.6 Å². The summed E-state index contributed by atoms with van der Waals surface area (Å²) < 4.78 is 7.19. The third kappa shape index (κ3) is 4.62. The number of amides is 2. The molecule has 0 spiro atoms. The SMILES string of the molecule is CCn1cc(-c2nc3c(cc2Cl)N2CC[C@@H](C2)N3C(=O)Nc2ccnc(OC[C@@H](O)CO)c2)cn1. The van der Waals surface area contributed by atoms with Gasteiger partial charge in [0.15, 0.2) is 5.82 Å². The number of aromatic nitrogens is 4. The van der Waals surface area contributed by atoms with Crippen molar-refractivity contribution in [1.29, 1.82) is 0 Å². The van der Waals surface area contributed by atoms with Gasteiger partial charge in [-0.15, -0.1) is 0 Å². The predicted octanol–water partition coefficient (Wildman–Crippen LogP) is 2.38. The largest absolute Gasteiger partial charge is 0.475 e. The first-order chi connectivity index (χ1) is 17.0. The molecule has 2 amide bonds. The Kier molecular flexibility index (Phi) is 6.46. The maximum Gasteiger partial charge on any atom is 0.327 e. The molecule has 12 heteroatoms. The lowest BCUT2D eigenvalue weighted by Crippen LogP contribution is -2.48. The van der Waals surface area contributed by atoms with Crippen LogP contribution in [-0.2, 0) is 6.54 Å². The standard InChI is InChI=1S/C23H26ClN7O4/c1-2-30-10-14(9-26-30)21-18(24)8-19-22(28-21)31(16-4-6-29(19)11-16)23(34)27-15-3-5-25-20(7-15)35-13-17(33)12-32/h3,5,7-10,16-17,32-33H,2,4,6,11-13H2,1H3,(H,25,27,34)/t16-,17-/m0/s1. The van der Waals surface area contributed by atoms with Crippen molar-refractivity contribution in [1.82, 2.24) is 19.7 Å². The van der Waals surface area contributed by atoms with Gasteiger partial charge in [0.05, 0.1) is 35.2 Å². The van der Waals surface area contributed by atoms with Crippen LogP contribution in [0.1, 0.15) is 13.3 Å². The van der Waals surface area contributed by atoms with E-state index < -0.39 is 12.7 Å². The molecule has 1 fully saturated rings. The number of nitrogens with zero attached hydrogens (tertiary/aromatic N) is 6. The van der Waals surface area contributed by atoms with Gasteiger partial charge < -0.3 is 25.2 Å². The maximum absolute atomic E-state index is 13.5. The van der Waals surface area contributed by atoms with E-state index in [-0.39, 0.29) is 24.6 Å². The van der Waals surface area contributed by atoms with E-state index in [4.69, 9.17) is 26.4 Å². The molecule has 3 aromatic heterocycles. The number of aryl methyl sites for hydroxylation is 1. The number of carbonyl (C=O) groups is 1. The molecule has 2 aliphatic heterocycles. The second-order valence-corrected chi connectivity index (χ2v) is 8.87. The van der Waals surface area contributed by atoms with E-state index in [1.54, 1.807) is 27.9 Å². The summed E-state index contributed by atoms with van der Waals surface area (Å²) in [4.78, 5) is 26.3. The van der Waals surface area contributed by atoms with Gasteiger partial charge in [0.1, 0.15) is 12.7 Å². The summed E-state index contributed by atoms with van der Waals surface area (Å²) in [7, 11) is 0. The summed E-state index contributed by atoms with van der Waals surface area (Å²) >= 11 is 6.62. The number of urea groups is 1. The Labute approximate surface area is 206 Å². The minimum Gasteiger partial charge on any atom is -0.475 e. The number of carbonyl (C=O) groups excluding carboxylic acids is 1. The fourth-order valence-corrected chi connectivity index (χ4v) is 4.59. The smallest absolute Gasteiger partial charge is 0.327 e. The molecule has 11 nitrogen and oxygen atoms in total. The molecule has 35 heavy (non-hydrogen) atoms. The van der Waals surface area contributed by atoms with Crippen molar-refractivity contribution < 1.29 is 19.7 Å². The van der Waals surface area contributed by atoms with Crippen LogP contribution < -0.4 is 19.9 Å². The molecule has 0 saturated carbocycles.